The number of likely N-dealkylation sites (tertiary alicyclic amines) is 2. The number of aromatic nitrogens is 2. The van der Waals surface area contributed by atoms with Crippen LogP contribution in [0.25, 0.3) is 0 Å². The number of alkyl halides is 3. The molecule has 1 aromatic rings. The van der Waals surface area contributed by atoms with Gasteiger partial charge in [0.15, 0.2) is 5.69 Å². The predicted octanol–water partition coefficient (Wildman–Crippen LogP) is 3.32. The van der Waals surface area contributed by atoms with Gasteiger partial charge in [0.1, 0.15) is 5.69 Å². The molecule has 2 amide bonds. The highest BCUT2D eigenvalue weighted by Crippen LogP contribution is 2.39. The van der Waals surface area contributed by atoms with Crippen LogP contribution in [0, 0.1) is 11.3 Å². The van der Waals surface area contributed by atoms with Gasteiger partial charge in [-0.15, -0.1) is 0 Å². The van der Waals surface area contributed by atoms with Gasteiger partial charge >= 0.3 is 6.18 Å². The molecular formula is C19H27F3N4O2. The van der Waals surface area contributed by atoms with E-state index in [0.717, 1.165) is 25.3 Å². The van der Waals surface area contributed by atoms with E-state index in [1.54, 1.807) is 4.90 Å². The fourth-order valence-corrected chi connectivity index (χ4v) is 4.17. The zero-order valence-electron chi connectivity index (χ0n) is 16.3. The van der Waals surface area contributed by atoms with Gasteiger partial charge in [0.05, 0.1) is 0 Å². The molecule has 28 heavy (non-hydrogen) atoms. The maximum Gasteiger partial charge on any atom is 0.432 e. The van der Waals surface area contributed by atoms with Crippen molar-refractivity contribution in [2.45, 2.75) is 52.1 Å². The third-order valence-electron chi connectivity index (χ3n) is 5.78. The number of H-pyrrole nitrogens is 1. The Morgan fingerprint density at radius 3 is 2.71 bits per heavy atom. The van der Waals surface area contributed by atoms with Gasteiger partial charge in [-0.25, -0.2) is 0 Å². The summed E-state index contributed by atoms with van der Waals surface area (Å²) in [6.45, 7) is 6.49. The van der Waals surface area contributed by atoms with Crippen molar-refractivity contribution >= 4 is 11.8 Å². The van der Waals surface area contributed by atoms with Gasteiger partial charge in [0.25, 0.3) is 5.91 Å². The quantitative estimate of drug-likeness (QED) is 0.843. The Morgan fingerprint density at radius 1 is 1.32 bits per heavy atom. The molecule has 3 rings (SSSR count). The van der Waals surface area contributed by atoms with E-state index in [-0.39, 0.29) is 17.0 Å². The van der Waals surface area contributed by atoms with E-state index >= 15 is 0 Å². The Balaban J connectivity index is 1.69. The van der Waals surface area contributed by atoms with E-state index in [4.69, 9.17) is 0 Å². The third-order valence-corrected chi connectivity index (χ3v) is 5.78. The van der Waals surface area contributed by atoms with Gasteiger partial charge in [0, 0.05) is 44.1 Å². The number of hydrogen-bond donors (Lipinski definition) is 1. The van der Waals surface area contributed by atoms with E-state index in [1.165, 1.54) is 0 Å². The molecule has 1 aromatic heterocycles. The molecule has 1 N–H and O–H groups in total. The molecule has 0 aliphatic carbocycles. The lowest BCUT2D eigenvalue weighted by Gasteiger charge is -2.48. The summed E-state index contributed by atoms with van der Waals surface area (Å²) in [5.41, 5.74) is -1.42. The van der Waals surface area contributed by atoms with E-state index in [9.17, 15) is 22.8 Å². The van der Waals surface area contributed by atoms with Crippen LogP contribution in [0.2, 0.25) is 0 Å². The highest BCUT2D eigenvalue weighted by Gasteiger charge is 2.43. The molecule has 6 nitrogen and oxygen atoms in total. The number of nitrogens with one attached hydrogen (secondary N) is 1. The highest BCUT2D eigenvalue weighted by molar-refractivity contribution is 5.92. The number of nitrogens with zero attached hydrogens (tertiary/aromatic N) is 3. The average Bonchev–Trinajstić information content (AvgIpc) is 3.13. The van der Waals surface area contributed by atoms with Crippen molar-refractivity contribution in [2.75, 3.05) is 26.2 Å². The van der Waals surface area contributed by atoms with Gasteiger partial charge in [-0.1, -0.05) is 13.8 Å². The number of rotatable bonds is 4. The van der Waals surface area contributed by atoms with E-state index < -0.39 is 17.8 Å². The first-order chi connectivity index (χ1) is 13.1. The molecule has 0 bridgehead atoms. The average molecular weight is 400 g/mol. The van der Waals surface area contributed by atoms with E-state index in [2.05, 4.69) is 18.9 Å². The Kier molecular flexibility index (Phi) is 5.72. The van der Waals surface area contributed by atoms with Crippen LogP contribution in [-0.4, -0.2) is 58.0 Å². The molecule has 3 heterocycles. The topological polar surface area (TPSA) is 69.3 Å². The maximum absolute atomic E-state index is 12.8. The minimum absolute atomic E-state index is 0.150. The minimum atomic E-state index is -4.56. The van der Waals surface area contributed by atoms with Crippen molar-refractivity contribution in [3.8, 4) is 0 Å². The Bertz CT molecular complexity index is 731. The van der Waals surface area contributed by atoms with Crippen LogP contribution in [-0.2, 0) is 11.0 Å². The van der Waals surface area contributed by atoms with Crippen LogP contribution in [0.1, 0.15) is 62.1 Å². The standard InChI is InChI=1S/C19H27F3N4O2/c1-13(2)5-9-25-11-18(7-4-16(25)27)6-3-8-26(12-18)17(28)14-10-15(24-23-14)19(20,21)22/h10,13H,3-9,11-12H2,1-2H3,(H,23,24)/t18-/m0/s1. The lowest BCUT2D eigenvalue weighted by atomic mass is 9.73. The first-order valence-corrected chi connectivity index (χ1v) is 9.79. The number of amides is 2. The lowest BCUT2D eigenvalue weighted by Crippen LogP contribution is -2.55. The molecular weight excluding hydrogens is 373 g/mol. The number of aromatic amines is 1. The second-order valence-corrected chi connectivity index (χ2v) is 8.49. The fourth-order valence-electron chi connectivity index (χ4n) is 4.17. The van der Waals surface area contributed by atoms with E-state index in [1.807, 2.05) is 10.00 Å². The summed E-state index contributed by atoms with van der Waals surface area (Å²) in [5, 5.41) is 5.47. The van der Waals surface area contributed by atoms with Crippen molar-refractivity contribution < 1.29 is 22.8 Å². The van der Waals surface area contributed by atoms with Crippen molar-refractivity contribution in [2.24, 2.45) is 11.3 Å². The molecule has 2 saturated heterocycles. The zero-order chi connectivity index (χ0) is 20.5. The van der Waals surface area contributed by atoms with Gasteiger partial charge in [0.2, 0.25) is 5.91 Å². The summed E-state index contributed by atoms with van der Waals surface area (Å²) in [5.74, 6) is 0.158. The summed E-state index contributed by atoms with van der Waals surface area (Å²) in [4.78, 5) is 28.5. The first-order valence-electron chi connectivity index (χ1n) is 9.79. The molecule has 2 fully saturated rings. The van der Waals surface area contributed by atoms with Gasteiger partial charge in [-0.2, -0.15) is 18.3 Å². The molecule has 9 heteroatoms. The van der Waals surface area contributed by atoms with Crippen LogP contribution in [0.3, 0.4) is 0 Å². The summed E-state index contributed by atoms with van der Waals surface area (Å²) < 4.78 is 38.3. The van der Waals surface area contributed by atoms with E-state index in [0.29, 0.717) is 44.9 Å². The molecule has 0 radical (unpaired) electrons. The SMILES string of the molecule is CC(C)CCN1C[C@]2(CCCN(C(=O)c3cc(C(F)(F)F)[nH]n3)C2)CCC1=O. The van der Waals surface area contributed by atoms with Crippen LogP contribution < -0.4 is 0 Å². The summed E-state index contributed by atoms with van der Waals surface area (Å²) in [7, 11) is 0. The molecule has 1 spiro atoms. The molecule has 0 saturated carbocycles. The predicted molar refractivity (Wildman–Crippen MR) is 96.4 cm³/mol. The van der Waals surface area contributed by atoms with Gasteiger partial charge in [-0.05, 0) is 31.6 Å². The molecule has 1 atom stereocenters. The summed E-state index contributed by atoms with van der Waals surface area (Å²) in [6, 6.07) is 0.767. The molecule has 0 aromatic carbocycles. The largest absolute Gasteiger partial charge is 0.432 e. The number of carbonyl (C=O) groups excluding carboxylic acids is 2. The normalized spacial score (nSPS) is 23.7. The Morgan fingerprint density at radius 2 is 2.07 bits per heavy atom. The van der Waals surface area contributed by atoms with Gasteiger partial charge < -0.3 is 9.80 Å². The Labute approximate surface area is 162 Å². The van der Waals surface area contributed by atoms with Crippen molar-refractivity contribution in [1.82, 2.24) is 20.0 Å². The molecule has 156 valence electrons. The minimum Gasteiger partial charge on any atom is -0.342 e. The third kappa shape index (κ3) is 4.50. The number of hydrogen-bond acceptors (Lipinski definition) is 3. The molecule has 0 unspecified atom stereocenters. The molecule has 2 aliphatic heterocycles. The molecule has 2 aliphatic rings. The van der Waals surface area contributed by atoms with Crippen molar-refractivity contribution in [3.63, 3.8) is 0 Å². The van der Waals surface area contributed by atoms with Crippen molar-refractivity contribution in [3.05, 3.63) is 17.5 Å². The monoisotopic (exact) mass is 400 g/mol. The first kappa shape index (κ1) is 20.7. The smallest absolute Gasteiger partial charge is 0.342 e. The highest BCUT2D eigenvalue weighted by atomic mass is 19.4. The second-order valence-electron chi connectivity index (χ2n) is 8.49. The second kappa shape index (κ2) is 7.75. The number of halogens is 3. The number of piperidine rings is 2. The van der Waals surface area contributed by atoms with Crippen LogP contribution in [0.4, 0.5) is 13.2 Å². The summed E-state index contributed by atoms with van der Waals surface area (Å²) in [6.07, 6.45) is -0.777. The lowest BCUT2D eigenvalue weighted by molar-refractivity contribution is -0.141. The maximum atomic E-state index is 12.8. The fraction of sp³-hybridized carbons (Fsp3) is 0.737. The zero-order valence-corrected chi connectivity index (χ0v) is 16.3. The van der Waals surface area contributed by atoms with Gasteiger partial charge in [-0.3, -0.25) is 14.7 Å². The Hall–Kier alpha value is -2.06. The van der Waals surface area contributed by atoms with Crippen LogP contribution >= 0.6 is 0 Å². The summed E-state index contributed by atoms with van der Waals surface area (Å²) >= 11 is 0. The van der Waals surface area contributed by atoms with Crippen molar-refractivity contribution in [1.29, 1.82) is 0 Å². The van der Waals surface area contributed by atoms with Crippen LogP contribution in [0.15, 0.2) is 6.07 Å². The van der Waals surface area contributed by atoms with Crippen LogP contribution in [0.5, 0.6) is 0 Å². The number of carbonyl (C=O) groups is 2.